The normalized spacial score (nSPS) is 15.6. The molecule has 2 atom stereocenters. The Balaban J connectivity index is 1.27. The second kappa shape index (κ2) is 15.2. The first-order chi connectivity index (χ1) is 36.1. The predicted octanol–water partition coefficient (Wildman–Crippen LogP) is 17.9. The zero-order chi connectivity index (χ0) is 48.1. The Hall–Kier alpha value is -9.06. The molecule has 5 nitrogen and oxygen atoms in total. The van der Waals surface area contributed by atoms with E-state index in [0.717, 1.165) is 74.4 Å². The van der Waals surface area contributed by atoms with Crippen molar-refractivity contribution in [1.82, 2.24) is 22.8 Å². The molecule has 0 amide bonds. The van der Waals surface area contributed by atoms with E-state index in [2.05, 4.69) is 261 Å². The molecule has 2 aliphatic rings. The highest BCUT2D eigenvalue weighted by Crippen LogP contribution is 2.51. The smallest absolute Gasteiger partial charge is 0.0990 e. The average Bonchev–Trinajstić information content (AvgIpc) is 4.23. The van der Waals surface area contributed by atoms with Crippen LogP contribution >= 0.6 is 0 Å². The van der Waals surface area contributed by atoms with E-state index in [9.17, 15) is 0 Å². The first-order valence-electron chi connectivity index (χ1n) is 25.9. The van der Waals surface area contributed by atoms with Crippen molar-refractivity contribution < 1.29 is 0 Å². The van der Waals surface area contributed by atoms with Gasteiger partial charge in [0.1, 0.15) is 0 Å². The molecule has 9 aromatic carbocycles. The van der Waals surface area contributed by atoms with Crippen molar-refractivity contribution in [3.05, 3.63) is 235 Å². The molecule has 0 radical (unpaired) electrons. The molecule has 5 heterocycles. The van der Waals surface area contributed by atoms with Gasteiger partial charge in [-0.3, -0.25) is 0 Å². The summed E-state index contributed by atoms with van der Waals surface area (Å²) >= 11 is 0. The van der Waals surface area contributed by atoms with Crippen LogP contribution < -0.4 is 0 Å². The minimum Gasteiger partial charge on any atom is -0.307 e. The summed E-state index contributed by atoms with van der Waals surface area (Å²) in [6, 6.07) is 75.1. The maximum absolute atomic E-state index is 2.63. The van der Waals surface area contributed by atoms with Gasteiger partial charge in [-0.1, -0.05) is 172 Å². The molecule has 0 spiro atoms. The summed E-state index contributed by atoms with van der Waals surface area (Å²) in [7, 11) is 0. The van der Waals surface area contributed by atoms with E-state index < -0.39 is 0 Å². The topological polar surface area (TPSA) is 24.6 Å². The van der Waals surface area contributed by atoms with E-state index in [1.54, 1.807) is 0 Å². The number of hydrogen-bond donors (Lipinski definition) is 0. The lowest BCUT2D eigenvalue weighted by atomic mass is 9.90. The van der Waals surface area contributed by atoms with Crippen molar-refractivity contribution in [1.29, 1.82) is 0 Å². The van der Waals surface area contributed by atoms with Crippen molar-refractivity contribution in [2.45, 2.75) is 38.5 Å². The summed E-state index contributed by atoms with van der Waals surface area (Å²) in [5, 5.41) is 9.91. The maximum atomic E-state index is 2.63. The van der Waals surface area contributed by atoms with Crippen LogP contribution in [0.25, 0.3) is 128 Å². The van der Waals surface area contributed by atoms with Crippen LogP contribution in [0, 0.1) is 0 Å². The van der Waals surface area contributed by atoms with E-state index in [1.807, 2.05) is 0 Å². The molecular formula is C68H49N5. The van der Waals surface area contributed by atoms with Crippen molar-refractivity contribution in [3.63, 3.8) is 0 Å². The van der Waals surface area contributed by atoms with E-state index in [0.29, 0.717) is 11.8 Å². The number of para-hydroxylation sites is 8. The Morgan fingerprint density at radius 1 is 0.288 bits per heavy atom. The molecule has 73 heavy (non-hydrogen) atoms. The largest absolute Gasteiger partial charge is 0.307 e. The SMILES string of the molecule is CC1CC=Cc2c1c1ccccc1n2-c1cc(-n2c3c(c4ccccc42)C(C)CC=C3)c(-n2c3ccccc3c3ccccc32)c(-n2c3ccccc3c3ccccc32)c1-n1c2ccccc2c2ccccc21. The zero-order valence-electron chi connectivity index (χ0n) is 40.7. The van der Waals surface area contributed by atoms with Crippen molar-refractivity contribution in [3.8, 4) is 28.4 Å². The van der Waals surface area contributed by atoms with Gasteiger partial charge in [0.2, 0.25) is 0 Å². The van der Waals surface area contributed by atoms with E-state index in [-0.39, 0.29) is 0 Å². The number of benzene rings is 9. The minimum atomic E-state index is 0.336. The van der Waals surface area contributed by atoms with Gasteiger partial charge in [0, 0.05) is 43.1 Å². The summed E-state index contributed by atoms with van der Waals surface area (Å²) in [6.45, 7) is 4.80. The van der Waals surface area contributed by atoms with Crippen molar-refractivity contribution in [2.24, 2.45) is 0 Å². The molecule has 14 aromatic rings. The van der Waals surface area contributed by atoms with Gasteiger partial charge in [-0.05, 0) is 103 Å². The first-order valence-corrected chi connectivity index (χ1v) is 25.9. The molecule has 2 aliphatic carbocycles. The average molecular weight is 936 g/mol. The number of fused-ring (bicyclic) bond motifs is 15. The minimum absolute atomic E-state index is 0.336. The van der Waals surface area contributed by atoms with Gasteiger partial charge < -0.3 is 22.8 Å². The molecule has 346 valence electrons. The lowest BCUT2D eigenvalue weighted by Crippen LogP contribution is -2.17. The van der Waals surface area contributed by atoms with Crippen molar-refractivity contribution in [2.75, 3.05) is 0 Å². The molecule has 16 rings (SSSR count). The van der Waals surface area contributed by atoms with Gasteiger partial charge in [0.15, 0.2) is 0 Å². The standard InChI is InChI=1S/C68H49N5/c1-42-21-19-39-60-64(42)50-29-9-17-37-58(50)69(60)62-41-63(70-59-38-18-10-30-51(59)65-43(2)22-20-40-61(65)70)67(72-54-33-13-5-25-46(54)47-26-6-14-34-55(47)72)68(73-56-35-15-7-27-48(56)49-28-8-16-36-57(49)73)66(62)71-52-31-11-3-23-44(52)45-24-4-12-32-53(45)71/h3-20,23-43H,21-22H2,1-2H3. The number of aromatic nitrogens is 5. The molecule has 5 aromatic heterocycles. The van der Waals surface area contributed by atoms with Crippen molar-refractivity contribution >= 4 is 99.4 Å². The molecular weight excluding hydrogens is 887 g/mol. The Kier molecular flexibility index (Phi) is 8.48. The quantitative estimate of drug-likeness (QED) is 0.164. The fourth-order valence-electron chi connectivity index (χ4n) is 13.6. The molecule has 5 heteroatoms. The predicted molar refractivity (Wildman–Crippen MR) is 307 cm³/mol. The molecule has 2 unspecified atom stereocenters. The summed E-state index contributed by atoms with van der Waals surface area (Å²) in [6.07, 6.45) is 11.6. The Labute approximate surface area is 422 Å². The first kappa shape index (κ1) is 40.6. The molecule has 0 aliphatic heterocycles. The third kappa shape index (κ3) is 5.46. The van der Waals surface area contributed by atoms with Crippen LogP contribution in [-0.4, -0.2) is 22.8 Å². The van der Waals surface area contributed by atoms with Crippen LogP contribution in [-0.2, 0) is 0 Å². The molecule has 0 N–H and O–H groups in total. The van der Waals surface area contributed by atoms with Crippen LogP contribution in [0.15, 0.2) is 212 Å². The van der Waals surface area contributed by atoms with Crippen LogP contribution in [0.3, 0.4) is 0 Å². The molecule has 0 fully saturated rings. The molecule has 0 bridgehead atoms. The van der Waals surface area contributed by atoms with Crippen LogP contribution in [0.5, 0.6) is 0 Å². The van der Waals surface area contributed by atoms with Gasteiger partial charge in [-0.2, -0.15) is 0 Å². The van der Waals surface area contributed by atoms with Gasteiger partial charge in [0.05, 0.1) is 84.0 Å². The third-order valence-electron chi connectivity index (χ3n) is 16.5. The number of rotatable bonds is 5. The fraction of sp³-hybridized carbons (Fsp3) is 0.0882. The number of hydrogen-bond acceptors (Lipinski definition) is 0. The molecule has 0 saturated heterocycles. The highest BCUT2D eigenvalue weighted by molar-refractivity contribution is 6.15. The highest BCUT2D eigenvalue weighted by Gasteiger charge is 2.35. The van der Waals surface area contributed by atoms with Gasteiger partial charge in [-0.25, -0.2) is 0 Å². The van der Waals surface area contributed by atoms with E-state index in [1.165, 1.54) is 76.6 Å². The lowest BCUT2D eigenvalue weighted by molar-refractivity contribution is 0.771. The van der Waals surface area contributed by atoms with Gasteiger partial charge in [-0.15, -0.1) is 0 Å². The van der Waals surface area contributed by atoms with Crippen LogP contribution in [0.2, 0.25) is 0 Å². The summed E-state index contributed by atoms with van der Waals surface area (Å²) in [5.74, 6) is 0.672. The molecule has 0 saturated carbocycles. The summed E-state index contributed by atoms with van der Waals surface area (Å²) < 4.78 is 13.1. The fourth-order valence-corrected chi connectivity index (χ4v) is 13.6. The summed E-state index contributed by atoms with van der Waals surface area (Å²) in [4.78, 5) is 0. The zero-order valence-corrected chi connectivity index (χ0v) is 40.7. The van der Waals surface area contributed by atoms with Crippen LogP contribution in [0.4, 0.5) is 0 Å². The second-order valence-electron chi connectivity index (χ2n) is 20.5. The van der Waals surface area contributed by atoms with E-state index in [4.69, 9.17) is 0 Å². The van der Waals surface area contributed by atoms with Gasteiger partial charge >= 0.3 is 0 Å². The highest BCUT2D eigenvalue weighted by atomic mass is 15.2. The Bertz CT molecular complexity index is 4330. The Morgan fingerprint density at radius 2 is 0.534 bits per heavy atom. The number of allylic oxidation sites excluding steroid dienone is 2. The summed E-state index contributed by atoms with van der Waals surface area (Å²) in [5.41, 5.74) is 20.1. The lowest BCUT2D eigenvalue weighted by Gasteiger charge is -2.29. The maximum Gasteiger partial charge on any atom is 0.0990 e. The van der Waals surface area contributed by atoms with Gasteiger partial charge in [0.25, 0.3) is 0 Å². The number of nitrogens with zero attached hydrogens (tertiary/aromatic N) is 5. The third-order valence-corrected chi connectivity index (χ3v) is 16.5. The van der Waals surface area contributed by atoms with E-state index >= 15 is 0 Å². The second-order valence-corrected chi connectivity index (χ2v) is 20.5. The monoisotopic (exact) mass is 935 g/mol. The van der Waals surface area contributed by atoms with Crippen LogP contribution in [0.1, 0.15) is 61.0 Å². The Morgan fingerprint density at radius 3 is 0.836 bits per heavy atom.